The van der Waals surface area contributed by atoms with Crippen LogP contribution in [0.2, 0.25) is 0 Å². The van der Waals surface area contributed by atoms with E-state index in [1.165, 1.54) is 29.8 Å². The van der Waals surface area contributed by atoms with Crippen LogP contribution in [0, 0.1) is 0 Å². The number of benzene rings is 1. The van der Waals surface area contributed by atoms with Crippen molar-refractivity contribution in [2.45, 2.75) is 51.9 Å². The Morgan fingerprint density at radius 3 is 2.80 bits per heavy atom. The molecule has 3 rings (SSSR count). The molecule has 6 nitrogen and oxygen atoms in total. The molecular weight excluding hydrogens is 511 g/mol. The summed E-state index contributed by atoms with van der Waals surface area (Å²) in [4.78, 5) is 12.9. The summed E-state index contributed by atoms with van der Waals surface area (Å²) >= 11 is 1.83. The monoisotopic (exact) mass is 544 g/mol. The summed E-state index contributed by atoms with van der Waals surface area (Å²) in [5.41, 5.74) is 2.39. The fraction of sp³-hybridized carbons (Fsp3) is 0.545. The highest BCUT2D eigenvalue weighted by atomic mass is 127. The van der Waals surface area contributed by atoms with Gasteiger partial charge in [0, 0.05) is 18.5 Å². The van der Waals surface area contributed by atoms with E-state index < -0.39 is 6.10 Å². The minimum atomic E-state index is -0.632. The lowest BCUT2D eigenvalue weighted by molar-refractivity contribution is 0.0330. The maximum absolute atomic E-state index is 10.2. The molecule has 30 heavy (non-hydrogen) atoms. The molecule has 0 saturated carbocycles. The molecular formula is C22H33IN4O2S. The number of thiazole rings is 1. The highest BCUT2D eigenvalue weighted by Crippen LogP contribution is 2.27. The molecule has 8 heteroatoms. The van der Waals surface area contributed by atoms with Crippen LogP contribution in [0.15, 0.2) is 35.3 Å². The quantitative estimate of drug-likeness (QED) is 0.287. The van der Waals surface area contributed by atoms with E-state index in [0.717, 1.165) is 36.0 Å². The van der Waals surface area contributed by atoms with Crippen molar-refractivity contribution >= 4 is 41.3 Å². The second-order valence-corrected chi connectivity index (χ2v) is 8.56. The van der Waals surface area contributed by atoms with E-state index in [1.807, 2.05) is 55.6 Å². The molecule has 1 aliphatic carbocycles. The fourth-order valence-electron chi connectivity index (χ4n) is 3.35. The van der Waals surface area contributed by atoms with Gasteiger partial charge in [-0.2, -0.15) is 0 Å². The van der Waals surface area contributed by atoms with Crippen molar-refractivity contribution in [3.8, 4) is 0 Å². The number of guanidine groups is 1. The van der Waals surface area contributed by atoms with Crippen molar-refractivity contribution in [3.63, 3.8) is 0 Å². The predicted octanol–water partition coefficient (Wildman–Crippen LogP) is 3.61. The standard InChI is InChI=1S/C22H32N4O2S.HI/c1-3-23-22(24-13-18(27)16-28-15-17-9-5-4-6-10-17)26(2)14-21-25-19-11-7-8-12-20(19)29-21;/h4-6,9-10,18,27H,3,7-8,11-16H2,1-2H3,(H,23,24);1H. The average molecular weight is 545 g/mol. The van der Waals surface area contributed by atoms with Crippen LogP contribution in [0.4, 0.5) is 0 Å². The number of nitrogens with one attached hydrogen (secondary N) is 1. The van der Waals surface area contributed by atoms with E-state index in [2.05, 4.69) is 15.2 Å². The first-order valence-corrected chi connectivity index (χ1v) is 11.2. The number of halogens is 1. The van der Waals surface area contributed by atoms with Crippen molar-refractivity contribution in [1.82, 2.24) is 15.2 Å². The van der Waals surface area contributed by atoms with Gasteiger partial charge in [-0.05, 0) is 38.2 Å². The van der Waals surface area contributed by atoms with Gasteiger partial charge in [0.05, 0.1) is 38.1 Å². The Kier molecular flexibility index (Phi) is 11.0. The molecule has 1 heterocycles. The number of aliphatic imine (C=N–C) groups is 1. The van der Waals surface area contributed by atoms with Crippen molar-refractivity contribution < 1.29 is 9.84 Å². The lowest BCUT2D eigenvalue weighted by Crippen LogP contribution is -2.39. The second-order valence-electron chi connectivity index (χ2n) is 7.39. The average Bonchev–Trinajstić information content (AvgIpc) is 3.14. The molecule has 2 aromatic rings. The highest BCUT2D eigenvalue weighted by Gasteiger charge is 2.17. The van der Waals surface area contributed by atoms with Gasteiger partial charge < -0.3 is 20.1 Å². The molecule has 0 radical (unpaired) electrons. The van der Waals surface area contributed by atoms with E-state index in [1.54, 1.807) is 0 Å². The molecule has 166 valence electrons. The van der Waals surface area contributed by atoms with Crippen LogP contribution in [0.1, 0.15) is 40.9 Å². The van der Waals surface area contributed by atoms with Crippen molar-refractivity contribution in [2.24, 2.45) is 4.99 Å². The molecule has 1 unspecified atom stereocenters. The van der Waals surface area contributed by atoms with Gasteiger partial charge in [-0.25, -0.2) is 4.98 Å². The molecule has 0 saturated heterocycles. The third-order valence-electron chi connectivity index (χ3n) is 4.83. The normalized spacial score (nSPS) is 14.6. The molecule has 0 aliphatic heterocycles. The van der Waals surface area contributed by atoms with Gasteiger partial charge >= 0.3 is 0 Å². The number of ether oxygens (including phenoxy) is 1. The summed E-state index contributed by atoms with van der Waals surface area (Å²) in [6.45, 7) is 4.61. The van der Waals surface area contributed by atoms with Gasteiger partial charge in [0.1, 0.15) is 5.01 Å². The number of hydrogen-bond donors (Lipinski definition) is 2. The lowest BCUT2D eigenvalue weighted by atomic mass is 10.0. The Morgan fingerprint density at radius 1 is 1.30 bits per heavy atom. The third kappa shape index (κ3) is 7.79. The number of nitrogens with zero attached hydrogens (tertiary/aromatic N) is 3. The van der Waals surface area contributed by atoms with Crippen molar-refractivity contribution in [2.75, 3.05) is 26.7 Å². The number of aliphatic hydroxyl groups is 1. The van der Waals surface area contributed by atoms with Gasteiger partial charge in [-0.15, -0.1) is 35.3 Å². The van der Waals surface area contributed by atoms with Crippen LogP contribution in [-0.2, 0) is 30.7 Å². The van der Waals surface area contributed by atoms with Crippen LogP contribution in [-0.4, -0.2) is 53.8 Å². The Hall–Kier alpha value is -1.23. The smallest absolute Gasteiger partial charge is 0.194 e. The molecule has 1 aromatic heterocycles. The summed E-state index contributed by atoms with van der Waals surface area (Å²) < 4.78 is 5.61. The number of aliphatic hydroxyl groups excluding tert-OH is 1. The zero-order chi connectivity index (χ0) is 20.5. The van der Waals surface area contributed by atoms with E-state index in [4.69, 9.17) is 9.72 Å². The third-order valence-corrected chi connectivity index (χ3v) is 5.97. The van der Waals surface area contributed by atoms with Crippen LogP contribution in [0.3, 0.4) is 0 Å². The van der Waals surface area contributed by atoms with E-state index in [0.29, 0.717) is 13.2 Å². The Morgan fingerprint density at radius 2 is 2.07 bits per heavy atom. The Bertz CT molecular complexity index is 761. The van der Waals surface area contributed by atoms with E-state index in [-0.39, 0.29) is 30.6 Å². The fourth-order valence-corrected chi connectivity index (χ4v) is 4.56. The number of aryl methyl sites for hydroxylation is 2. The number of fused-ring (bicyclic) bond motifs is 1. The Balaban J connectivity index is 0.00000320. The van der Waals surface area contributed by atoms with Crippen molar-refractivity contribution in [1.29, 1.82) is 0 Å². The first kappa shape index (κ1) is 25.0. The molecule has 0 fully saturated rings. The Labute approximate surface area is 200 Å². The molecule has 0 bridgehead atoms. The summed E-state index contributed by atoms with van der Waals surface area (Å²) in [5.74, 6) is 0.780. The zero-order valence-corrected chi connectivity index (χ0v) is 21.0. The summed E-state index contributed by atoms with van der Waals surface area (Å²) in [5, 5.41) is 14.7. The number of hydrogen-bond acceptors (Lipinski definition) is 5. The van der Waals surface area contributed by atoms with E-state index in [9.17, 15) is 5.11 Å². The van der Waals surface area contributed by atoms with Crippen LogP contribution in [0.25, 0.3) is 0 Å². The second kappa shape index (κ2) is 13.2. The molecule has 0 spiro atoms. The summed E-state index contributed by atoms with van der Waals surface area (Å²) in [7, 11) is 2.01. The lowest BCUT2D eigenvalue weighted by Gasteiger charge is -2.21. The van der Waals surface area contributed by atoms with Gasteiger partial charge in [0.25, 0.3) is 0 Å². The minimum absolute atomic E-state index is 0. The SMILES string of the molecule is CCNC(=NCC(O)COCc1ccccc1)N(C)Cc1nc2c(s1)CCCC2.I. The summed E-state index contributed by atoms with van der Waals surface area (Å²) in [6, 6.07) is 9.97. The largest absolute Gasteiger partial charge is 0.389 e. The van der Waals surface area contributed by atoms with Gasteiger partial charge in [-0.1, -0.05) is 30.3 Å². The maximum Gasteiger partial charge on any atom is 0.194 e. The van der Waals surface area contributed by atoms with Gasteiger partial charge in [-0.3, -0.25) is 4.99 Å². The molecule has 1 aromatic carbocycles. The van der Waals surface area contributed by atoms with Crippen LogP contribution >= 0.6 is 35.3 Å². The molecule has 2 N–H and O–H groups in total. The van der Waals surface area contributed by atoms with Crippen molar-refractivity contribution in [3.05, 3.63) is 51.5 Å². The first-order chi connectivity index (χ1) is 14.2. The predicted molar refractivity (Wildman–Crippen MR) is 134 cm³/mol. The van der Waals surface area contributed by atoms with Gasteiger partial charge in [0.2, 0.25) is 0 Å². The van der Waals surface area contributed by atoms with E-state index >= 15 is 0 Å². The van der Waals surface area contributed by atoms with Crippen LogP contribution in [0.5, 0.6) is 0 Å². The number of aromatic nitrogens is 1. The topological polar surface area (TPSA) is 70.0 Å². The number of rotatable bonds is 9. The van der Waals surface area contributed by atoms with Crippen LogP contribution < -0.4 is 5.32 Å². The zero-order valence-electron chi connectivity index (χ0n) is 17.8. The maximum atomic E-state index is 10.2. The molecule has 1 aliphatic rings. The summed E-state index contributed by atoms with van der Waals surface area (Å²) in [6.07, 6.45) is 4.17. The molecule has 1 atom stereocenters. The highest BCUT2D eigenvalue weighted by molar-refractivity contribution is 14.0. The molecule has 0 amide bonds. The van der Waals surface area contributed by atoms with Gasteiger partial charge in [0.15, 0.2) is 5.96 Å². The minimum Gasteiger partial charge on any atom is -0.389 e. The first-order valence-electron chi connectivity index (χ1n) is 10.4.